The van der Waals surface area contributed by atoms with Crippen molar-refractivity contribution in [2.75, 3.05) is 13.6 Å². The molecular weight excluding hydrogens is 208 g/mol. The number of nitrogens with one attached hydrogen (secondary N) is 1. The zero-order valence-electron chi connectivity index (χ0n) is 9.90. The molecule has 0 aromatic carbocycles. The minimum atomic E-state index is -0.713. The van der Waals surface area contributed by atoms with Gasteiger partial charge in [-0.3, -0.25) is 4.79 Å². The molecule has 0 unspecified atom stereocenters. The van der Waals surface area contributed by atoms with Crippen molar-refractivity contribution < 1.29 is 14.7 Å². The first-order valence-electron chi connectivity index (χ1n) is 5.79. The van der Waals surface area contributed by atoms with Crippen molar-refractivity contribution in [3.05, 3.63) is 0 Å². The Bertz CT molecular complexity index is 260. The molecule has 1 saturated carbocycles. The fourth-order valence-corrected chi connectivity index (χ4v) is 1.91. The molecule has 5 heteroatoms. The van der Waals surface area contributed by atoms with E-state index in [2.05, 4.69) is 5.32 Å². The molecule has 0 atom stereocenters. The summed E-state index contributed by atoms with van der Waals surface area (Å²) in [5.74, 6) is -0.937. The molecule has 0 bridgehead atoms. The lowest BCUT2D eigenvalue weighted by molar-refractivity contribution is -0.142. The van der Waals surface area contributed by atoms with Gasteiger partial charge in [-0.15, -0.1) is 0 Å². The van der Waals surface area contributed by atoms with Crippen molar-refractivity contribution in [1.29, 1.82) is 0 Å². The monoisotopic (exact) mass is 228 g/mol. The van der Waals surface area contributed by atoms with Crippen LogP contribution in [0.4, 0.5) is 4.79 Å². The summed E-state index contributed by atoms with van der Waals surface area (Å²) < 4.78 is 0. The van der Waals surface area contributed by atoms with Gasteiger partial charge in [0, 0.05) is 19.6 Å². The molecule has 2 amide bonds. The van der Waals surface area contributed by atoms with E-state index in [0.717, 1.165) is 12.8 Å². The predicted octanol–water partition coefficient (Wildman–Crippen LogP) is 1.29. The van der Waals surface area contributed by atoms with Gasteiger partial charge in [-0.25, -0.2) is 4.79 Å². The standard InChI is InChI=1S/C11H20N2O3/c1-3-13(2)11(16)12-9-6-4-8(5-7-9)10(14)15/h8-9H,3-7H2,1-2H3,(H,12,16)(H,14,15). The van der Waals surface area contributed by atoms with E-state index in [1.165, 1.54) is 0 Å². The van der Waals surface area contributed by atoms with Crippen LogP contribution >= 0.6 is 0 Å². The highest BCUT2D eigenvalue weighted by Crippen LogP contribution is 2.24. The number of carboxylic acid groups (broad SMARTS) is 1. The third-order valence-electron chi connectivity index (χ3n) is 3.23. The fourth-order valence-electron chi connectivity index (χ4n) is 1.91. The maximum Gasteiger partial charge on any atom is 0.317 e. The van der Waals surface area contributed by atoms with Crippen LogP contribution in [0.3, 0.4) is 0 Å². The molecule has 0 heterocycles. The van der Waals surface area contributed by atoms with E-state index in [1.807, 2.05) is 6.92 Å². The smallest absolute Gasteiger partial charge is 0.317 e. The van der Waals surface area contributed by atoms with Crippen LogP contribution in [-0.4, -0.2) is 41.6 Å². The Balaban J connectivity index is 2.32. The van der Waals surface area contributed by atoms with Crippen molar-refractivity contribution >= 4 is 12.0 Å². The van der Waals surface area contributed by atoms with Gasteiger partial charge in [0.05, 0.1) is 5.92 Å². The second kappa shape index (κ2) is 5.72. The zero-order chi connectivity index (χ0) is 12.1. The Kier molecular flexibility index (Phi) is 4.58. The van der Waals surface area contributed by atoms with E-state index in [0.29, 0.717) is 19.4 Å². The van der Waals surface area contributed by atoms with Gasteiger partial charge >= 0.3 is 12.0 Å². The van der Waals surface area contributed by atoms with Gasteiger partial charge < -0.3 is 15.3 Å². The molecule has 0 saturated heterocycles. The van der Waals surface area contributed by atoms with Crippen molar-refractivity contribution in [3.63, 3.8) is 0 Å². The van der Waals surface area contributed by atoms with Crippen LogP contribution in [-0.2, 0) is 4.79 Å². The Morgan fingerprint density at radius 1 is 1.31 bits per heavy atom. The first-order valence-corrected chi connectivity index (χ1v) is 5.79. The molecule has 0 spiro atoms. The number of urea groups is 1. The highest BCUT2D eigenvalue weighted by Gasteiger charge is 2.26. The largest absolute Gasteiger partial charge is 0.481 e. The maximum absolute atomic E-state index is 11.6. The van der Waals surface area contributed by atoms with Crippen LogP contribution in [0.15, 0.2) is 0 Å². The van der Waals surface area contributed by atoms with Crippen LogP contribution in [0.5, 0.6) is 0 Å². The van der Waals surface area contributed by atoms with Crippen molar-refractivity contribution in [3.8, 4) is 0 Å². The SMILES string of the molecule is CCN(C)C(=O)NC1CCC(C(=O)O)CC1. The maximum atomic E-state index is 11.6. The van der Waals surface area contributed by atoms with Crippen LogP contribution in [0, 0.1) is 5.92 Å². The van der Waals surface area contributed by atoms with Crippen LogP contribution < -0.4 is 5.32 Å². The molecule has 1 aliphatic carbocycles. The Morgan fingerprint density at radius 2 is 1.88 bits per heavy atom. The van der Waals surface area contributed by atoms with E-state index in [-0.39, 0.29) is 18.0 Å². The molecule has 1 fully saturated rings. The summed E-state index contributed by atoms with van der Waals surface area (Å²) in [5, 5.41) is 11.8. The van der Waals surface area contributed by atoms with E-state index >= 15 is 0 Å². The number of aliphatic carboxylic acids is 1. The zero-order valence-corrected chi connectivity index (χ0v) is 9.90. The average Bonchev–Trinajstić information content (AvgIpc) is 2.28. The van der Waals surface area contributed by atoms with Crippen molar-refractivity contribution in [2.45, 2.75) is 38.6 Å². The Morgan fingerprint density at radius 3 is 2.31 bits per heavy atom. The number of hydrogen-bond acceptors (Lipinski definition) is 2. The average molecular weight is 228 g/mol. The van der Waals surface area contributed by atoms with Gasteiger partial charge in [0.1, 0.15) is 0 Å². The summed E-state index contributed by atoms with van der Waals surface area (Å²) in [7, 11) is 1.75. The Hall–Kier alpha value is -1.26. The highest BCUT2D eigenvalue weighted by atomic mass is 16.4. The molecule has 5 nitrogen and oxygen atoms in total. The molecule has 92 valence electrons. The number of nitrogens with zero attached hydrogens (tertiary/aromatic N) is 1. The summed E-state index contributed by atoms with van der Waals surface area (Å²) in [6, 6.07) is 0.0679. The molecule has 1 aliphatic rings. The van der Waals surface area contributed by atoms with Crippen molar-refractivity contribution in [2.24, 2.45) is 5.92 Å². The number of carboxylic acids is 1. The summed E-state index contributed by atoms with van der Waals surface area (Å²) >= 11 is 0. The topological polar surface area (TPSA) is 69.6 Å². The number of hydrogen-bond donors (Lipinski definition) is 2. The highest BCUT2D eigenvalue weighted by molar-refractivity contribution is 5.74. The van der Waals surface area contributed by atoms with Crippen LogP contribution in [0.25, 0.3) is 0 Å². The number of carbonyl (C=O) groups is 2. The van der Waals surface area contributed by atoms with Gasteiger partial charge in [-0.05, 0) is 32.6 Å². The lowest BCUT2D eigenvalue weighted by Gasteiger charge is -2.28. The van der Waals surface area contributed by atoms with Gasteiger partial charge in [-0.1, -0.05) is 0 Å². The minimum Gasteiger partial charge on any atom is -0.481 e. The molecule has 2 N–H and O–H groups in total. The minimum absolute atomic E-state index is 0.0683. The molecule has 0 radical (unpaired) electrons. The van der Waals surface area contributed by atoms with Crippen LogP contribution in [0.1, 0.15) is 32.6 Å². The lowest BCUT2D eigenvalue weighted by atomic mass is 9.86. The molecule has 16 heavy (non-hydrogen) atoms. The normalized spacial score (nSPS) is 24.9. The second-order valence-corrected chi connectivity index (χ2v) is 4.35. The van der Waals surface area contributed by atoms with E-state index < -0.39 is 5.97 Å². The summed E-state index contributed by atoms with van der Waals surface area (Å²) in [6.07, 6.45) is 2.85. The summed E-state index contributed by atoms with van der Waals surface area (Å²) in [5.41, 5.74) is 0. The Labute approximate surface area is 95.8 Å². The predicted molar refractivity (Wildman–Crippen MR) is 60.2 cm³/mol. The fraction of sp³-hybridized carbons (Fsp3) is 0.818. The van der Waals surface area contributed by atoms with E-state index in [4.69, 9.17) is 5.11 Å². The summed E-state index contributed by atoms with van der Waals surface area (Å²) in [4.78, 5) is 23.9. The quantitative estimate of drug-likeness (QED) is 0.764. The third kappa shape index (κ3) is 3.40. The van der Waals surface area contributed by atoms with Gasteiger partial charge in [0.15, 0.2) is 0 Å². The summed E-state index contributed by atoms with van der Waals surface area (Å²) in [6.45, 7) is 2.59. The molecule has 1 rings (SSSR count). The number of rotatable bonds is 3. The van der Waals surface area contributed by atoms with Gasteiger partial charge in [0.25, 0.3) is 0 Å². The molecule has 0 aliphatic heterocycles. The van der Waals surface area contributed by atoms with E-state index in [1.54, 1.807) is 11.9 Å². The van der Waals surface area contributed by atoms with Crippen LogP contribution in [0.2, 0.25) is 0 Å². The van der Waals surface area contributed by atoms with Gasteiger partial charge in [0.2, 0.25) is 0 Å². The second-order valence-electron chi connectivity index (χ2n) is 4.35. The number of amides is 2. The number of carbonyl (C=O) groups excluding carboxylic acids is 1. The lowest BCUT2D eigenvalue weighted by Crippen LogP contribution is -2.44. The molecule has 0 aromatic rings. The molecular formula is C11H20N2O3. The molecule has 0 aromatic heterocycles. The first kappa shape index (κ1) is 12.8. The van der Waals surface area contributed by atoms with Crippen molar-refractivity contribution in [1.82, 2.24) is 10.2 Å². The van der Waals surface area contributed by atoms with Gasteiger partial charge in [-0.2, -0.15) is 0 Å². The first-order chi connectivity index (χ1) is 7.54. The third-order valence-corrected chi connectivity index (χ3v) is 3.23. The van der Waals surface area contributed by atoms with E-state index in [9.17, 15) is 9.59 Å².